The lowest BCUT2D eigenvalue weighted by Crippen LogP contribution is -2.13. The summed E-state index contributed by atoms with van der Waals surface area (Å²) >= 11 is 0. The summed E-state index contributed by atoms with van der Waals surface area (Å²) in [4.78, 5) is 10.7. The number of aryl methyl sites for hydroxylation is 1. The number of carbonyl (C=O) groups excluding carboxylic acids is 1. The minimum atomic E-state index is -0.325. The quantitative estimate of drug-likeness (QED) is 0.768. The van der Waals surface area contributed by atoms with Crippen molar-refractivity contribution >= 4 is 11.6 Å². The summed E-state index contributed by atoms with van der Waals surface area (Å²) in [5.74, 6) is -0.325. The fourth-order valence-corrected chi connectivity index (χ4v) is 1.54. The first kappa shape index (κ1) is 11.2. The van der Waals surface area contributed by atoms with Gasteiger partial charge in [-0.15, -0.1) is 0 Å². The van der Waals surface area contributed by atoms with Crippen molar-refractivity contribution in [3.05, 3.63) is 36.7 Å². The zero-order valence-corrected chi connectivity index (χ0v) is 9.34. The maximum Gasteiger partial charge on any atom is 0.219 e. The smallest absolute Gasteiger partial charge is 0.219 e. The Morgan fingerprint density at radius 2 is 1.94 bits per heavy atom. The normalized spacial score (nSPS) is 10.4. The lowest BCUT2D eigenvalue weighted by Gasteiger charge is -1.98. The van der Waals surface area contributed by atoms with E-state index in [2.05, 4.69) is 5.10 Å². The second-order valence-electron chi connectivity index (χ2n) is 3.83. The summed E-state index contributed by atoms with van der Waals surface area (Å²) in [5.41, 5.74) is 13.5. The van der Waals surface area contributed by atoms with Crippen LogP contribution in [0.5, 0.6) is 0 Å². The molecule has 0 fully saturated rings. The molecule has 5 heteroatoms. The Bertz CT molecular complexity index is 516. The average molecular weight is 230 g/mol. The van der Waals surface area contributed by atoms with E-state index < -0.39 is 0 Å². The van der Waals surface area contributed by atoms with E-state index in [0.29, 0.717) is 13.0 Å². The Balaban J connectivity index is 2.12. The van der Waals surface area contributed by atoms with Gasteiger partial charge in [0.2, 0.25) is 5.91 Å². The Kier molecular flexibility index (Phi) is 3.09. The van der Waals surface area contributed by atoms with Crippen molar-refractivity contribution < 1.29 is 4.79 Å². The Labute approximate surface area is 99.0 Å². The summed E-state index contributed by atoms with van der Waals surface area (Å²) in [5, 5.41) is 4.16. The standard InChI is InChI=1S/C12H14N4O/c13-11-3-1-9(2-4-11)10-7-15-16(8-10)6-5-12(14)17/h1-4,7-8H,5-6,13H2,(H2,14,17). The summed E-state index contributed by atoms with van der Waals surface area (Å²) in [6, 6.07) is 7.56. The molecule has 0 aliphatic heterocycles. The van der Waals surface area contributed by atoms with Gasteiger partial charge in [-0.05, 0) is 17.7 Å². The van der Waals surface area contributed by atoms with Crippen molar-refractivity contribution in [3.63, 3.8) is 0 Å². The minimum absolute atomic E-state index is 0.295. The first-order chi connectivity index (χ1) is 8.15. The van der Waals surface area contributed by atoms with Gasteiger partial charge in [0, 0.05) is 30.4 Å². The van der Waals surface area contributed by atoms with Crippen molar-refractivity contribution in [1.82, 2.24) is 9.78 Å². The molecule has 0 aliphatic carbocycles. The van der Waals surface area contributed by atoms with Gasteiger partial charge in [-0.2, -0.15) is 5.10 Å². The van der Waals surface area contributed by atoms with Gasteiger partial charge in [0.05, 0.1) is 6.20 Å². The highest BCUT2D eigenvalue weighted by atomic mass is 16.1. The van der Waals surface area contributed by atoms with Crippen LogP contribution in [0.2, 0.25) is 0 Å². The van der Waals surface area contributed by atoms with Gasteiger partial charge in [-0.3, -0.25) is 9.48 Å². The Morgan fingerprint density at radius 1 is 1.24 bits per heavy atom. The van der Waals surface area contributed by atoms with Crippen molar-refractivity contribution in [2.75, 3.05) is 5.73 Å². The number of hydrogen-bond donors (Lipinski definition) is 2. The zero-order valence-electron chi connectivity index (χ0n) is 9.34. The number of benzene rings is 1. The van der Waals surface area contributed by atoms with Gasteiger partial charge < -0.3 is 11.5 Å². The molecule has 0 bridgehead atoms. The molecule has 0 spiro atoms. The molecular weight excluding hydrogens is 216 g/mol. The predicted molar refractivity (Wildman–Crippen MR) is 65.9 cm³/mol. The van der Waals surface area contributed by atoms with Crippen LogP contribution in [0.3, 0.4) is 0 Å². The maximum absolute atomic E-state index is 10.7. The fraction of sp³-hybridized carbons (Fsp3) is 0.167. The first-order valence-electron chi connectivity index (χ1n) is 5.32. The number of hydrogen-bond acceptors (Lipinski definition) is 3. The third-order valence-corrected chi connectivity index (χ3v) is 2.46. The van der Waals surface area contributed by atoms with Crippen molar-refractivity contribution in [2.24, 2.45) is 5.73 Å². The first-order valence-corrected chi connectivity index (χ1v) is 5.32. The molecule has 1 aromatic heterocycles. The summed E-state index contributed by atoms with van der Waals surface area (Å²) in [6.45, 7) is 0.504. The molecule has 1 aromatic carbocycles. The van der Waals surface area contributed by atoms with Crippen LogP contribution in [0.4, 0.5) is 5.69 Å². The van der Waals surface area contributed by atoms with Gasteiger partial charge in [0.15, 0.2) is 0 Å². The van der Waals surface area contributed by atoms with Gasteiger partial charge in [-0.25, -0.2) is 0 Å². The van der Waals surface area contributed by atoms with Gasteiger partial charge in [0.1, 0.15) is 0 Å². The van der Waals surface area contributed by atoms with Crippen molar-refractivity contribution in [2.45, 2.75) is 13.0 Å². The molecule has 1 heterocycles. The lowest BCUT2D eigenvalue weighted by molar-refractivity contribution is -0.118. The lowest BCUT2D eigenvalue weighted by atomic mass is 10.1. The second kappa shape index (κ2) is 4.69. The van der Waals surface area contributed by atoms with Crippen LogP contribution in [-0.2, 0) is 11.3 Å². The minimum Gasteiger partial charge on any atom is -0.399 e. The summed E-state index contributed by atoms with van der Waals surface area (Å²) in [6.07, 6.45) is 3.93. The van der Waals surface area contributed by atoms with Crippen LogP contribution < -0.4 is 11.5 Å². The Morgan fingerprint density at radius 3 is 2.59 bits per heavy atom. The van der Waals surface area contributed by atoms with Crippen LogP contribution in [0.1, 0.15) is 6.42 Å². The number of amides is 1. The van der Waals surface area contributed by atoms with E-state index in [9.17, 15) is 4.79 Å². The fourth-order valence-electron chi connectivity index (χ4n) is 1.54. The van der Waals surface area contributed by atoms with E-state index in [1.165, 1.54) is 0 Å². The highest BCUT2D eigenvalue weighted by Crippen LogP contribution is 2.19. The highest BCUT2D eigenvalue weighted by molar-refractivity contribution is 5.73. The number of carbonyl (C=O) groups is 1. The molecule has 17 heavy (non-hydrogen) atoms. The third-order valence-electron chi connectivity index (χ3n) is 2.46. The highest BCUT2D eigenvalue weighted by Gasteiger charge is 2.02. The summed E-state index contributed by atoms with van der Waals surface area (Å²) < 4.78 is 1.70. The van der Waals surface area contributed by atoms with Crippen LogP contribution >= 0.6 is 0 Å². The molecule has 4 N–H and O–H groups in total. The van der Waals surface area contributed by atoms with Gasteiger partial charge in [0.25, 0.3) is 0 Å². The van der Waals surface area contributed by atoms with Crippen molar-refractivity contribution in [1.29, 1.82) is 0 Å². The molecule has 5 nitrogen and oxygen atoms in total. The van der Waals surface area contributed by atoms with Crippen LogP contribution in [0.15, 0.2) is 36.7 Å². The van der Waals surface area contributed by atoms with E-state index >= 15 is 0 Å². The molecule has 0 aliphatic rings. The van der Waals surface area contributed by atoms with E-state index in [0.717, 1.165) is 16.8 Å². The molecule has 0 atom stereocenters. The monoisotopic (exact) mass is 230 g/mol. The van der Waals surface area contributed by atoms with Gasteiger partial charge >= 0.3 is 0 Å². The number of rotatable bonds is 4. The topological polar surface area (TPSA) is 86.9 Å². The third kappa shape index (κ3) is 2.84. The SMILES string of the molecule is NC(=O)CCn1cc(-c2ccc(N)cc2)cn1. The number of nitrogens with two attached hydrogens (primary N) is 2. The second-order valence-corrected chi connectivity index (χ2v) is 3.83. The molecule has 2 rings (SSSR count). The van der Waals surface area contributed by atoms with E-state index in [1.807, 2.05) is 30.5 Å². The summed E-state index contributed by atoms with van der Waals surface area (Å²) in [7, 11) is 0. The molecule has 2 aromatic rings. The van der Waals surface area contributed by atoms with Crippen LogP contribution in [0.25, 0.3) is 11.1 Å². The molecule has 1 amide bonds. The van der Waals surface area contributed by atoms with E-state index in [1.54, 1.807) is 10.9 Å². The van der Waals surface area contributed by atoms with Crippen LogP contribution in [-0.4, -0.2) is 15.7 Å². The molecule has 88 valence electrons. The predicted octanol–water partition coefficient (Wildman–Crippen LogP) is 1.01. The van der Waals surface area contributed by atoms with Crippen molar-refractivity contribution in [3.8, 4) is 11.1 Å². The van der Waals surface area contributed by atoms with E-state index in [-0.39, 0.29) is 5.91 Å². The molecule has 0 radical (unpaired) electrons. The van der Waals surface area contributed by atoms with E-state index in [4.69, 9.17) is 11.5 Å². The number of primary amides is 1. The zero-order chi connectivity index (χ0) is 12.3. The molecular formula is C12H14N4O. The number of aromatic nitrogens is 2. The molecule has 0 saturated heterocycles. The maximum atomic E-state index is 10.7. The largest absolute Gasteiger partial charge is 0.399 e. The number of nitrogens with zero attached hydrogens (tertiary/aromatic N) is 2. The average Bonchev–Trinajstić information content (AvgIpc) is 2.76. The van der Waals surface area contributed by atoms with Crippen LogP contribution in [0, 0.1) is 0 Å². The number of nitrogen functional groups attached to an aromatic ring is 1. The molecule has 0 unspecified atom stereocenters. The van der Waals surface area contributed by atoms with Gasteiger partial charge in [-0.1, -0.05) is 12.1 Å². The Hall–Kier alpha value is -2.30. The number of anilines is 1. The molecule has 0 saturated carbocycles.